The summed E-state index contributed by atoms with van der Waals surface area (Å²) < 4.78 is 29.6. The number of amides is 2. The van der Waals surface area contributed by atoms with Crippen molar-refractivity contribution in [2.24, 2.45) is 0 Å². The van der Waals surface area contributed by atoms with Crippen molar-refractivity contribution in [2.45, 2.75) is 13.5 Å². The lowest BCUT2D eigenvalue weighted by Gasteiger charge is -2.08. The molecule has 0 spiro atoms. The third-order valence-corrected chi connectivity index (χ3v) is 2.89. The lowest BCUT2D eigenvalue weighted by molar-refractivity contribution is -0.123. The second kappa shape index (κ2) is 9.14. The van der Waals surface area contributed by atoms with Crippen LogP contribution in [0.1, 0.15) is 12.5 Å². The molecule has 0 radical (unpaired) electrons. The Balaban J connectivity index is 2.70. The van der Waals surface area contributed by atoms with Gasteiger partial charge in [0.1, 0.15) is 5.75 Å². The maximum atomic E-state index is 12.3. The summed E-state index contributed by atoms with van der Waals surface area (Å²) in [5, 5.41) is 4.90. The standard InChI is InChI=1S/C14H15BrF2N2O3/c1-2-18-13(21)8-19-12(20)6-3-9-7-10(15)4-5-11(9)22-14(16)17/h3-7,14H,2,8H2,1H3,(H,18,21)(H,19,20)/b6-3+. The summed E-state index contributed by atoms with van der Waals surface area (Å²) in [6.07, 6.45) is 2.47. The van der Waals surface area contributed by atoms with E-state index in [0.717, 1.165) is 6.08 Å². The number of hydrogen-bond donors (Lipinski definition) is 2. The van der Waals surface area contributed by atoms with E-state index < -0.39 is 12.5 Å². The first-order valence-corrected chi connectivity index (χ1v) is 7.18. The minimum atomic E-state index is -2.96. The number of alkyl halides is 2. The molecule has 0 saturated carbocycles. The first-order valence-electron chi connectivity index (χ1n) is 6.39. The summed E-state index contributed by atoms with van der Waals surface area (Å²) in [4.78, 5) is 22.7. The van der Waals surface area contributed by atoms with Crippen LogP contribution in [0.25, 0.3) is 6.08 Å². The zero-order valence-corrected chi connectivity index (χ0v) is 13.3. The third kappa shape index (κ3) is 6.66. The van der Waals surface area contributed by atoms with Gasteiger partial charge in [0.2, 0.25) is 11.8 Å². The molecule has 2 N–H and O–H groups in total. The van der Waals surface area contributed by atoms with Crippen LogP contribution in [0.2, 0.25) is 0 Å². The van der Waals surface area contributed by atoms with Crippen LogP contribution in [-0.4, -0.2) is 31.5 Å². The fourth-order valence-electron chi connectivity index (χ4n) is 1.50. The van der Waals surface area contributed by atoms with E-state index in [9.17, 15) is 18.4 Å². The SMILES string of the molecule is CCNC(=O)CNC(=O)/C=C/c1cc(Br)ccc1OC(F)F. The molecule has 0 aliphatic rings. The lowest BCUT2D eigenvalue weighted by atomic mass is 10.2. The molecule has 0 saturated heterocycles. The van der Waals surface area contributed by atoms with Crippen molar-refractivity contribution in [3.63, 3.8) is 0 Å². The Morgan fingerprint density at radius 3 is 2.73 bits per heavy atom. The number of hydrogen-bond acceptors (Lipinski definition) is 3. The molecule has 8 heteroatoms. The fourth-order valence-corrected chi connectivity index (χ4v) is 1.88. The molecule has 0 fully saturated rings. The molecule has 1 aromatic rings. The van der Waals surface area contributed by atoms with Crippen molar-refractivity contribution in [3.05, 3.63) is 34.3 Å². The van der Waals surface area contributed by atoms with Gasteiger partial charge in [0.25, 0.3) is 0 Å². The van der Waals surface area contributed by atoms with Crippen LogP contribution in [0.3, 0.4) is 0 Å². The number of ether oxygens (including phenoxy) is 1. The first kappa shape index (κ1) is 18.1. The predicted molar refractivity (Wildman–Crippen MR) is 81.5 cm³/mol. The fraction of sp³-hybridized carbons (Fsp3) is 0.286. The number of halogens is 3. The van der Waals surface area contributed by atoms with Crippen molar-refractivity contribution >= 4 is 33.8 Å². The van der Waals surface area contributed by atoms with Crippen LogP contribution in [0.5, 0.6) is 5.75 Å². The number of carbonyl (C=O) groups is 2. The maximum Gasteiger partial charge on any atom is 0.387 e. The van der Waals surface area contributed by atoms with E-state index in [1.165, 1.54) is 18.2 Å². The maximum absolute atomic E-state index is 12.3. The summed E-state index contributed by atoms with van der Waals surface area (Å²) in [6.45, 7) is -0.885. The second-order valence-electron chi connectivity index (χ2n) is 4.07. The molecule has 0 atom stereocenters. The summed E-state index contributed by atoms with van der Waals surface area (Å²) in [5.41, 5.74) is 0.308. The topological polar surface area (TPSA) is 67.4 Å². The molecule has 1 rings (SSSR count). The summed E-state index contributed by atoms with van der Waals surface area (Å²) >= 11 is 3.21. The molecule has 22 heavy (non-hydrogen) atoms. The van der Waals surface area contributed by atoms with Gasteiger partial charge >= 0.3 is 6.61 Å². The molecule has 0 bridgehead atoms. The van der Waals surface area contributed by atoms with Crippen molar-refractivity contribution in [1.82, 2.24) is 10.6 Å². The molecule has 2 amide bonds. The van der Waals surface area contributed by atoms with Gasteiger partial charge in [-0.3, -0.25) is 9.59 Å². The van der Waals surface area contributed by atoms with Gasteiger partial charge in [-0.25, -0.2) is 0 Å². The Morgan fingerprint density at radius 1 is 1.36 bits per heavy atom. The van der Waals surface area contributed by atoms with E-state index in [4.69, 9.17) is 0 Å². The smallest absolute Gasteiger partial charge is 0.387 e. The van der Waals surface area contributed by atoms with Gasteiger partial charge in [-0.1, -0.05) is 15.9 Å². The van der Waals surface area contributed by atoms with E-state index in [-0.39, 0.29) is 18.2 Å². The van der Waals surface area contributed by atoms with E-state index in [1.807, 2.05) is 0 Å². The number of carbonyl (C=O) groups excluding carboxylic acids is 2. The number of likely N-dealkylation sites (N-methyl/N-ethyl adjacent to an activating group) is 1. The van der Waals surface area contributed by atoms with Crippen molar-refractivity contribution in [2.75, 3.05) is 13.1 Å². The molecule has 0 aromatic heterocycles. The van der Waals surface area contributed by atoms with Crippen LogP contribution < -0.4 is 15.4 Å². The van der Waals surface area contributed by atoms with E-state index in [2.05, 4.69) is 31.3 Å². The highest BCUT2D eigenvalue weighted by Crippen LogP contribution is 2.25. The quantitative estimate of drug-likeness (QED) is 0.717. The zero-order valence-electron chi connectivity index (χ0n) is 11.7. The number of nitrogens with one attached hydrogen (secondary N) is 2. The highest BCUT2D eigenvalue weighted by atomic mass is 79.9. The summed E-state index contributed by atoms with van der Waals surface area (Å²) in [6, 6.07) is 4.44. The highest BCUT2D eigenvalue weighted by molar-refractivity contribution is 9.10. The minimum absolute atomic E-state index is 0.0500. The summed E-state index contributed by atoms with van der Waals surface area (Å²) in [7, 11) is 0. The molecular weight excluding hydrogens is 362 g/mol. The van der Waals surface area contributed by atoms with Crippen LogP contribution in [-0.2, 0) is 9.59 Å². The largest absolute Gasteiger partial charge is 0.434 e. The van der Waals surface area contributed by atoms with Crippen LogP contribution in [0, 0.1) is 0 Å². The lowest BCUT2D eigenvalue weighted by Crippen LogP contribution is -2.35. The molecule has 0 heterocycles. The molecule has 0 unspecified atom stereocenters. The van der Waals surface area contributed by atoms with E-state index in [0.29, 0.717) is 16.6 Å². The van der Waals surface area contributed by atoms with Crippen molar-refractivity contribution in [3.8, 4) is 5.75 Å². The van der Waals surface area contributed by atoms with E-state index >= 15 is 0 Å². The van der Waals surface area contributed by atoms with Gasteiger partial charge in [0.05, 0.1) is 6.54 Å². The predicted octanol–water partition coefficient (Wildman–Crippen LogP) is 2.32. The number of benzene rings is 1. The first-order chi connectivity index (χ1) is 10.4. The van der Waals surface area contributed by atoms with Gasteiger partial charge in [-0.15, -0.1) is 0 Å². The van der Waals surface area contributed by atoms with Gasteiger partial charge in [-0.05, 0) is 31.2 Å². The zero-order chi connectivity index (χ0) is 16.5. The minimum Gasteiger partial charge on any atom is -0.434 e. The average molecular weight is 377 g/mol. The van der Waals surface area contributed by atoms with Gasteiger partial charge < -0.3 is 15.4 Å². The highest BCUT2D eigenvalue weighted by Gasteiger charge is 2.09. The van der Waals surface area contributed by atoms with Gasteiger partial charge in [0.15, 0.2) is 0 Å². The molecular formula is C14H15BrF2N2O3. The Labute approximate surface area is 134 Å². The average Bonchev–Trinajstić information content (AvgIpc) is 2.45. The molecule has 1 aromatic carbocycles. The van der Waals surface area contributed by atoms with Crippen LogP contribution in [0.15, 0.2) is 28.7 Å². The molecule has 120 valence electrons. The Kier molecular flexibility index (Phi) is 7.51. The molecule has 5 nitrogen and oxygen atoms in total. The third-order valence-electron chi connectivity index (χ3n) is 2.40. The Hall–Kier alpha value is -1.96. The van der Waals surface area contributed by atoms with Crippen LogP contribution >= 0.6 is 15.9 Å². The Morgan fingerprint density at radius 2 is 2.09 bits per heavy atom. The monoisotopic (exact) mass is 376 g/mol. The van der Waals surface area contributed by atoms with E-state index in [1.54, 1.807) is 13.0 Å². The van der Waals surface area contributed by atoms with Crippen LogP contribution in [0.4, 0.5) is 8.78 Å². The van der Waals surface area contributed by atoms with Gasteiger partial charge in [0, 0.05) is 22.7 Å². The van der Waals surface area contributed by atoms with Crippen molar-refractivity contribution in [1.29, 1.82) is 0 Å². The second-order valence-corrected chi connectivity index (χ2v) is 4.98. The number of rotatable bonds is 7. The Bertz CT molecular complexity index is 565. The molecule has 0 aliphatic heterocycles. The normalized spacial score (nSPS) is 10.8. The summed E-state index contributed by atoms with van der Waals surface area (Å²) in [5.74, 6) is -0.881. The van der Waals surface area contributed by atoms with Crippen molar-refractivity contribution < 1.29 is 23.1 Å². The molecule has 0 aliphatic carbocycles. The van der Waals surface area contributed by atoms with Gasteiger partial charge in [-0.2, -0.15) is 8.78 Å².